The van der Waals surface area contributed by atoms with E-state index in [1.807, 2.05) is 12.1 Å². The van der Waals surface area contributed by atoms with Gasteiger partial charge in [-0.15, -0.1) is 0 Å². The van der Waals surface area contributed by atoms with Crippen LogP contribution in [0.25, 0.3) is 187 Å². The molecule has 18 aromatic carbocycles. The quantitative estimate of drug-likeness (QED) is 0.145. The highest BCUT2D eigenvalue weighted by Crippen LogP contribution is 2.57. The minimum Gasteiger partial charge on any atom is -0.456 e. The molecule has 0 saturated carbocycles. The Morgan fingerprint density at radius 1 is 0.184 bits per heavy atom. The van der Waals surface area contributed by atoms with E-state index in [2.05, 4.69) is 367 Å². The summed E-state index contributed by atoms with van der Waals surface area (Å²) in [7, 11) is 0. The first-order chi connectivity index (χ1) is 50.6. The summed E-state index contributed by atoms with van der Waals surface area (Å²) in [4.78, 5) is 0. The van der Waals surface area contributed by atoms with E-state index in [9.17, 15) is 0 Å². The third kappa shape index (κ3) is 9.39. The minimum atomic E-state index is -0.121. The number of rotatable bonds is 7. The molecule has 1 nitrogen and oxygen atoms in total. The van der Waals surface area contributed by atoms with E-state index in [0.717, 1.165) is 21.9 Å². The highest BCUT2D eigenvalue weighted by atomic mass is 16.3. The van der Waals surface area contributed by atoms with E-state index in [4.69, 9.17) is 4.42 Å². The molecular formula is C102H70O. The Labute approximate surface area is 599 Å². The maximum Gasteiger partial charge on any atom is 0.135 e. The summed E-state index contributed by atoms with van der Waals surface area (Å²) in [5.41, 5.74) is 30.3. The molecule has 103 heavy (non-hydrogen) atoms. The van der Waals surface area contributed by atoms with Gasteiger partial charge >= 0.3 is 0 Å². The van der Waals surface area contributed by atoms with Crippen LogP contribution in [0.15, 0.2) is 356 Å². The zero-order chi connectivity index (χ0) is 68.7. The van der Waals surface area contributed by atoms with Crippen LogP contribution >= 0.6 is 0 Å². The second-order valence-electron chi connectivity index (χ2n) is 29.2. The Balaban J connectivity index is 0.000000142. The summed E-state index contributed by atoms with van der Waals surface area (Å²) in [6.45, 7) is 9.55. The third-order valence-corrected chi connectivity index (χ3v) is 22.9. The van der Waals surface area contributed by atoms with Crippen LogP contribution in [0.4, 0.5) is 0 Å². The number of benzene rings is 18. The molecule has 19 aromatic rings. The zero-order valence-electron chi connectivity index (χ0n) is 57.9. The van der Waals surface area contributed by atoms with Crippen molar-refractivity contribution in [3.05, 3.63) is 374 Å². The summed E-state index contributed by atoms with van der Waals surface area (Å²) in [6.07, 6.45) is 0. The van der Waals surface area contributed by atoms with E-state index in [1.54, 1.807) is 0 Å². The molecule has 21 rings (SSSR count). The predicted molar refractivity (Wildman–Crippen MR) is 438 cm³/mol. The molecule has 0 amide bonds. The van der Waals surface area contributed by atoms with Gasteiger partial charge in [0.2, 0.25) is 0 Å². The van der Waals surface area contributed by atoms with Gasteiger partial charge in [0.05, 0.1) is 0 Å². The van der Waals surface area contributed by atoms with Crippen LogP contribution in [0, 0.1) is 0 Å². The molecule has 2 aliphatic rings. The van der Waals surface area contributed by atoms with Crippen LogP contribution in [0.1, 0.15) is 49.9 Å². The monoisotopic (exact) mass is 1310 g/mol. The van der Waals surface area contributed by atoms with Crippen LogP contribution in [0.5, 0.6) is 0 Å². The molecule has 0 saturated heterocycles. The fraction of sp³-hybridized carbons (Fsp3) is 0.0588. The Kier molecular flexibility index (Phi) is 13.7. The van der Waals surface area contributed by atoms with Gasteiger partial charge in [0.25, 0.3) is 0 Å². The molecule has 0 spiro atoms. The number of hydrogen-bond acceptors (Lipinski definition) is 1. The summed E-state index contributed by atoms with van der Waals surface area (Å²) < 4.78 is 6.16. The van der Waals surface area contributed by atoms with Crippen molar-refractivity contribution < 1.29 is 4.42 Å². The maximum absolute atomic E-state index is 6.16. The number of hydrogen-bond donors (Lipinski definition) is 0. The Bertz CT molecular complexity index is 6580. The highest BCUT2D eigenvalue weighted by Gasteiger charge is 2.40. The zero-order valence-corrected chi connectivity index (χ0v) is 57.9. The molecule has 1 aromatic heterocycles. The van der Waals surface area contributed by atoms with Crippen LogP contribution in [-0.2, 0) is 10.8 Å². The second kappa shape index (κ2) is 23.5. The van der Waals surface area contributed by atoms with E-state index < -0.39 is 0 Å². The average Bonchev–Trinajstić information content (AvgIpc) is 1.61. The van der Waals surface area contributed by atoms with Gasteiger partial charge in [0, 0.05) is 21.6 Å². The molecule has 0 unspecified atom stereocenters. The molecular weight excluding hydrogens is 1240 g/mol. The fourth-order valence-corrected chi connectivity index (χ4v) is 18.3. The number of fused-ring (bicyclic) bond motifs is 17. The first kappa shape index (κ1) is 60.3. The average molecular weight is 1310 g/mol. The first-order valence-electron chi connectivity index (χ1n) is 36.1. The van der Waals surface area contributed by atoms with Crippen molar-refractivity contribution in [2.24, 2.45) is 0 Å². The topological polar surface area (TPSA) is 13.1 Å². The standard InChI is InChI=1S/C57H38O.C45H32/c1-57(2)50-31-29-35-13-3-4-16-41(35)55(50)48-23-12-22-42(56(48)57)36-25-27-37(28-26-36)53-44-18-5-7-20-46(44)54(47-21-8-6-19-45(47)53)40-15-11-14-38(33-40)39-30-32-52-49(34-39)43-17-9-10-24-51(43)58-52;1-45(2)40-28-27-29-13-6-7-16-33(29)43(40)39-22-12-21-34(44(39)45)30-23-25-32(26-24-30)42-37-19-10-8-17-35(37)41(31-14-4-3-5-15-31)36-18-9-11-20-38(36)42/h3-34H,1-2H3;3-28H,1-2H3. The van der Waals surface area contributed by atoms with Gasteiger partial charge in [-0.25, -0.2) is 0 Å². The van der Waals surface area contributed by atoms with Gasteiger partial charge < -0.3 is 4.42 Å². The van der Waals surface area contributed by atoms with Crippen molar-refractivity contribution in [3.63, 3.8) is 0 Å². The normalized spacial score (nSPS) is 13.2. The van der Waals surface area contributed by atoms with Crippen LogP contribution < -0.4 is 0 Å². The van der Waals surface area contributed by atoms with E-state index in [-0.39, 0.29) is 10.8 Å². The highest BCUT2D eigenvalue weighted by molar-refractivity contribution is 6.23. The summed E-state index contributed by atoms with van der Waals surface area (Å²) in [5, 5.41) is 17.7. The van der Waals surface area contributed by atoms with Crippen molar-refractivity contribution in [2.75, 3.05) is 0 Å². The Hall–Kier alpha value is -12.7. The second-order valence-corrected chi connectivity index (χ2v) is 29.2. The van der Waals surface area contributed by atoms with Crippen molar-refractivity contribution in [1.82, 2.24) is 0 Å². The van der Waals surface area contributed by atoms with E-state index >= 15 is 0 Å². The molecule has 0 aliphatic heterocycles. The van der Waals surface area contributed by atoms with E-state index in [1.165, 1.54) is 187 Å². The van der Waals surface area contributed by atoms with Gasteiger partial charge in [-0.3, -0.25) is 0 Å². The lowest BCUT2D eigenvalue weighted by atomic mass is 9.78. The van der Waals surface area contributed by atoms with Crippen LogP contribution in [0.2, 0.25) is 0 Å². The molecule has 484 valence electrons. The summed E-state index contributed by atoms with van der Waals surface area (Å²) >= 11 is 0. The molecule has 0 fully saturated rings. The van der Waals surface area contributed by atoms with Gasteiger partial charge in [0.1, 0.15) is 11.2 Å². The lowest BCUT2D eigenvalue weighted by molar-refractivity contribution is 0.662. The van der Waals surface area contributed by atoms with Crippen LogP contribution in [-0.4, -0.2) is 0 Å². The fourth-order valence-electron chi connectivity index (χ4n) is 18.3. The van der Waals surface area contributed by atoms with Crippen molar-refractivity contribution in [2.45, 2.75) is 38.5 Å². The Morgan fingerprint density at radius 2 is 0.495 bits per heavy atom. The molecule has 0 bridgehead atoms. The minimum absolute atomic E-state index is 0.0936. The Morgan fingerprint density at radius 3 is 0.951 bits per heavy atom. The smallest absolute Gasteiger partial charge is 0.135 e. The SMILES string of the molecule is CC1(C)c2ccc3ccccc3c2-c2cccc(-c3ccc(-c4c5ccccc5c(-c5cccc(-c6ccc7oc8ccccc8c7c6)c5)c5ccccc45)cc3)c21.CC1(C)c2ccc3ccccc3c2-c2cccc(-c3ccc(-c4c5ccccc5c(-c5ccccc5)c5ccccc45)cc3)c21. The third-order valence-electron chi connectivity index (χ3n) is 22.9. The lowest BCUT2D eigenvalue weighted by Gasteiger charge is -2.25. The summed E-state index contributed by atoms with van der Waals surface area (Å²) in [6, 6.07) is 130. The van der Waals surface area contributed by atoms with Gasteiger partial charge in [-0.05, 0) is 211 Å². The number of para-hydroxylation sites is 1. The molecule has 0 N–H and O–H groups in total. The summed E-state index contributed by atoms with van der Waals surface area (Å²) in [5.74, 6) is 0. The van der Waals surface area contributed by atoms with Gasteiger partial charge in [-0.1, -0.05) is 355 Å². The van der Waals surface area contributed by atoms with Gasteiger partial charge in [0.15, 0.2) is 0 Å². The van der Waals surface area contributed by atoms with Crippen molar-refractivity contribution in [3.8, 4) is 100 Å². The largest absolute Gasteiger partial charge is 0.456 e. The first-order valence-corrected chi connectivity index (χ1v) is 36.1. The molecule has 0 atom stereocenters. The van der Waals surface area contributed by atoms with Crippen molar-refractivity contribution in [1.29, 1.82) is 0 Å². The predicted octanol–water partition coefficient (Wildman–Crippen LogP) is 28.5. The van der Waals surface area contributed by atoms with Crippen LogP contribution in [0.3, 0.4) is 0 Å². The molecule has 0 radical (unpaired) electrons. The molecule has 2 aliphatic carbocycles. The lowest BCUT2D eigenvalue weighted by Crippen LogP contribution is -2.16. The molecule has 1 heteroatoms. The number of furan rings is 1. The van der Waals surface area contributed by atoms with Crippen molar-refractivity contribution >= 4 is 86.6 Å². The van der Waals surface area contributed by atoms with E-state index in [0.29, 0.717) is 0 Å². The molecule has 1 heterocycles. The van der Waals surface area contributed by atoms with Gasteiger partial charge in [-0.2, -0.15) is 0 Å². The maximum atomic E-state index is 6.16.